The van der Waals surface area contributed by atoms with E-state index in [1.54, 1.807) is 22.8 Å². The summed E-state index contributed by atoms with van der Waals surface area (Å²) in [5, 5.41) is 22.6. The van der Waals surface area contributed by atoms with Crippen LogP contribution in [0.1, 0.15) is 29.5 Å². The Labute approximate surface area is 189 Å². The van der Waals surface area contributed by atoms with E-state index < -0.39 is 24.1 Å². The molecule has 0 unspecified atom stereocenters. The van der Waals surface area contributed by atoms with E-state index in [0.29, 0.717) is 29.6 Å². The van der Waals surface area contributed by atoms with Crippen molar-refractivity contribution >= 4 is 34.4 Å². The lowest BCUT2D eigenvalue weighted by atomic mass is 9.88. The van der Waals surface area contributed by atoms with Gasteiger partial charge in [0.15, 0.2) is 11.0 Å². The molecular weight excluding hydrogens is 458 g/mol. The highest BCUT2D eigenvalue weighted by Crippen LogP contribution is 2.46. The second-order valence-electron chi connectivity index (χ2n) is 7.81. The van der Waals surface area contributed by atoms with Gasteiger partial charge in [-0.05, 0) is 12.1 Å². The van der Waals surface area contributed by atoms with Gasteiger partial charge in [-0.2, -0.15) is 0 Å². The number of nitrogens with one attached hydrogen (secondary N) is 2. The Morgan fingerprint density at radius 2 is 2.03 bits per heavy atom. The second kappa shape index (κ2) is 8.03. The highest BCUT2D eigenvalue weighted by atomic mass is 32.1. The number of pyridine rings is 1. The van der Waals surface area contributed by atoms with Crippen molar-refractivity contribution in [3.8, 4) is 11.5 Å². The van der Waals surface area contributed by atoms with Crippen LogP contribution in [0.15, 0.2) is 24.5 Å². The topological polar surface area (TPSA) is 138 Å². The maximum absolute atomic E-state index is 13.3. The minimum absolute atomic E-state index is 0.233. The highest BCUT2D eigenvalue weighted by Gasteiger charge is 2.47. The summed E-state index contributed by atoms with van der Waals surface area (Å²) in [6.07, 6.45) is 0.341. The molecule has 0 radical (unpaired) electrons. The number of hydrogen-bond acceptors (Lipinski definition) is 7. The minimum atomic E-state index is -2.68. The monoisotopic (exact) mass is 476 g/mol. The molecule has 0 atom stereocenters. The third kappa shape index (κ3) is 4.33. The molecule has 14 heteroatoms. The van der Waals surface area contributed by atoms with Gasteiger partial charge in [0, 0.05) is 36.7 Å². The first-order valence-corrected chi connectivity index (χ1v) is 10.9. The fraction of sp³-hybridized carbons (Fsp3) is 0.368. The van der Waals surface area contributed by atoms with Crippen molar-refractivity contribution in [3.63, 3.8) is 0 Å². The van der Waals surface area contributed by atoms with Crippen molar-refractivity contribution in [1.82, 2.24) is 29.6 Å². The lowest BCUT2D eigenvalue weighted by Gasteiger charge is -2.35. The molecule has 1 aliphatic heterocycles. The fourth-order valence-electron chi connectivity index (χ4n) is 3.81. The molecule has 3 aromatic rings. The van der Waals surface area contributed by atoms with Crippen LogP contribution < -0.4 is 10.6 Å². The number of carbonyl (C=O) groups is 2. The van der Waals surface area contributed by atoms with E-state index in [1.165, 1.54) is 22.6 Å². The van der Waals surface area contributed by atoms with Crippen LogP contribution in [-0.2, 0) is 13.0 Å². The fourth-order valence-corrected chi connectivity index (χ4v) is 4.82. The molecule has 5 rings (SSSR count). The van der Waals surface area contributed by atoms with Gasteiger partial charge >= 0.3 is 12.1 Å². The zero-order valence-electron chi connectivity index (χ0n) is 17.0. The quantitative estimate of drug-likeness (QED) is 0.524. The Hall–Kier alpha value is -3.68. The van der Waals surface area contributed by atoms with Crippen LogP contribution in [0.25, 0.3) is 11.5 Å². The van der Waals surface area contributed by atoms with E-state index in [-0.39, 0.29) is 25.2 Å². The number of aromatic nitrogens is 5. The number of alkyl halides is 2. The molecule has 0 saturated heterocycles. The van der Waals surface area contributed by atoms with E-state index in [0.717, 1.165) is 10.6 Å². The second-order valence-corrected chi connectivity index (χ2v) is 8.89. The van der Waals surface area contributed by atoms with Crippen LogP contribution >= 0.6 is 11.3 Å². The van der Waals surface area contributed by atoms with E-state index >= 15 is 0 Å². The van der Waals surface area contributed by atoms with E-state index in [4.69, 9.17) is 5.11 Å². The van der Waals surface area contributed by atoms with Gasteiger partial charge in [0.1, 0.15) is 17.8 Å². The summed E-state index contributed by atoms with van der Waals surface area (Å²) in [4.78, 5) is 34.4. The van der Waals surface area contributed by atoms with Gasteiger partial charge < -0.3 is 14.6 Å². The van der Waals surface area contributed by atoms with Crippen molar-refractivity contribution in [2.24, 2.45) is 0 Å². The average molecular weight is 476 g/mol. The van der Waals surface area contributed by atoms with Crippen molar-refractivity contribution < 1.29 is 23.5 Å². The predicted octanol–water partition coefficient (Wildman–Crippen LogP) is 3.45. The molecule has 2 aliphatic rings. The smallest absolute Gasteiger partial charge is 0.407 e. The number of hydrogen-bond donors (Lipinski definition) is 3. The lowest BCUT2D eigenvalue weighted by molar-refractivity contribution is -0.103. The van der Waals surface area contributed by atoms with Gasteiger partial charge in [0.05, 0.1) is 12.2 Å². The maximum atomic E-state index is 13.3. The van der Waals surface area contributed by atoms with Crippen LogP contribution in [0, 0.1) is 0 Å². The standard InChI is InChI=1S/C19H18F2N8O3S/c20-19(21)6-10(7-19)29-9-22-27-15(29)12-2-1-3-14(23-12)25-16(30)26-17-24-11-4-5-28(18(31)32)8-13(11)33-17/h1-3,9-10H,4-8H2,(H,31,32)(H2,23,24,25,26,30). The number of fused-ring (bicyclic) bond motifs is 1. The Morgan fingerprint density at radius 3 is 2.79 bits per heavy atom. The molecule has 3 aromatic heterocycles. The molecule has 172 valence electrons. The molecule has 1 aliphatic carbocycles. The molecule has 3 amide bonds. The Morgan fingerprint density at radius 1 is 1.21 bits per heavy atom. The van der Waals surface area contributed by atoms with Gasteiger partial charge in [0.25, 0.3) is 5.92 Å². The maximum Gasteiger partial charge on any atom is 0.407 e. The highest BCUT2D eigenvalue weighted by molar-refractivity contribution is 7.15. The number of urea groups is 1. The molecule has 4 heterocycles. The van der Waals surface area contributed by atoms with E-state index in [1.807, 2.05) is 0 Å². The SMILES string of the molecule is O=C(Nc1cccc(-c2nncn2C2CC(F)(F)C2)n1)Nc1nc2c(s1)CN(C(=O)O)CC2. The summed E-state index contributed by atoms with van der Waals surface area (Å²) in [7, 11) is 0. The summed E-state index contributed by atoms with van der Waals surface area (Å²) in [6.45, 7) is 0.598. The Bertz CT molecular complexity index is 1220. The van der Waals surface area contributed by atoms with Gasteiger partial charge in [-0.25, -0.2) is 28.3 Å². The molecule has 3 N–H and O–H groups in total. The van der Waals surface area contributed by atoms with Crippen molar-refractivity contribution in [3.05, 3.63) is 35.1 Å². The van der Waals surface area contributed by atoms with Crippen molar-refractivity contribution in [2.45, 2.75) is 37.8 Å². The first-order valence-electron chi connectivity index (χ1n) is 10.1. The summed E-state index contributed by atoms with van der Waals surface area (Å²) in [6, 6.07) is 3.93. The Kier molecular flexibility index (Phi) is 5.15. The van der Waals surface area contributed by atoms with Crippen molar-refractivity contribution in [1.29, 1.82) is 0 Å². The molecule has 0 bridgehead atoms. The molecule has 11 nitrogen and oxygen atoms in total. The number of rotatable bonds is 4. The average Bonchev–Trinajstić information content (AvgIpc) is 3.37. The molecule has 1 fully saturated rings. The molecule has 0 spiro atoms. The number of carbonyl (C=O) groups excluding carboxylic acids is 1. The van der Waals surface area contributed by atoms with Crippen molar-refractivity contribution in [2.75, 3.05) is 17.2 Å². The third-order valence-electron chi connectivity index (χ3n) is 5.48. The van der Waals surface area contributed by atoms with Crippen LogP contribution in [0.3, 0.4) is 0 Å². The number of thiazole rings is 1. The number of amides is 3. The normalized spacial score (nSPS) is 17.2. The number of carboxylic acid groups (broad SMARTS) is 1. The molecule has 0 aromatic carbocycles. The zero-order chi connectivity index (χ0) is 23.2. The summed E-state index contributed by atoms with van der Waals surface area (Å²) in [5.74, 6) is -2.10. The van der Waals surface area contributed by atoms with Crippen LogP contribution in [0.2, 0.25) is 0 Å². The lowest BCUT2D eigenvalue weighted by Crippen LogP contribution is -2.37. The number of anilines is 2. The van der Waals surface area contributed by atoms with Crippen LogP contribution in [0.5, 0.6) is 0 Å². The molecule has 1 saturated carbocycles. The first kappa shape index (κ1) is 21.2. The van der Waals surface area contributed by atoms with Gasteiger partial charge in [-0.1, -0.05) is 17.4 Å². The van der Waals surface area contributed by atoms with Gasteiger partial charge in [-0.3, -0.25) is 10.6 Å². The number of halogens is 2. The minimum Gasteiger partial charge on any atom is -0.465 e. The molecular formula is C19H18F2N8O3S. The van der Waals surface area contributed by atoms with Gasteiger partial charge in [-0.15, -0.1) is 10.2 Å². The zero-order valence-corrected chi connectivity index (χ0v) is 17.8. The Balaban J connectivity index is 1.26. The summed E-state index contributed by atoms with van der Waals surface area (Å²) in [5.41, 5.74) is 1.16. The first-order chi connectivity index (χ1) is 15.8. The third-order valence-corrected chi connectivity index (χ3v) is 6.47. The number of nitrogens with zero attached hydrogens (tertiary/aromatic N) is 6. The van der Waals surface area contributed by atoms with Crippen LogP contribution in [-0.4, -0.2) is 59.3 Å². The summed E-state index contributed by atoms with van der Waals surface area (Å²) < 4.78 is 28.1. The van der Waals surface area contributed by atoms with E-state index in [2.05, 4.69) is 30.8 Å². The molecule has 33 heavy (non-hydrogen) atoms. The predicted molar refractivity (Wildman–Crippen MR) is 113 cm³/mol. The largest absolute Gasteiger partial charge is 0.465 e. The van der Waals surface area contributed by atoms with Crippen LogP contribution in [0.4, 0.5) is 29.3 Å². The van der Waals surface area contributed by atoms with E-state index in [9.17, 15) is 18.4 Å². The van der Waals surface area contributed by atoms with Gasteiger partial charge in [0.2, 0.25) is 0 Å². The summed E-state index contributed by atoms with van der Waals surface area (Å²) >= 11 is 1.22.